The molecule has 1 fully saturated rings. The number of hydrogen-bond donors (Lipinski definition) is 1. The standard InChI is InChI=1S/C37H39Cl2N3O4S/c1-26-16-19-32(20-17-26)47(45,46)42(34-23-30(38)18-21-33(34)39)25-36(43)41(24-29-13-7-6-10-27(29)2)35(22-28-11-4-3-5-12-28)37(44)40-31-14-8-9-15-31/h3-7,10-13,16-21,23,31,35H,8-9,14-15,22,24-25H2,1-2H3,(H,40,44)/t35-/m1/s1. The van der Waals surface area contributed by atoms with Crippen molar-refractivity contribution in [1.82, 2.24) is 10.2 Å². The van der Waals surface area contributed by atoms with Crippen molar-refractivity contribution in [2.24, 2.45) is 0 Å². The van der Waals surface area contributed by atoms with Gasteiger partial charge in [0.1, 0.15) is 12.6 Å². The minimum atomic E-state index is -4.30. The highest BCUT2D eigenvalue weighted by Crippen LogP contribution is 2.33. The van der Waals surface area contributed by atoms with Gasteiger partial charge >= 0.3 is 0 Å². The van der Waals surface area contributed by atoms with Crippen LogP contribution in [0.5, 0.6) is 0 Å². The summed E-state index contributed by atoms with van der Waals surface area (Å²) in [5, 5.41) is 3.57. The smallest absolute Gasteiger partial charge is 0.264 e. The molecule has 0 radical (unpaired) electrons. The topological polar surface area (TPSA) is 86.8 Å². The Bertz CT molecular complexity index is 1810. The number of rotatable bonds is 12. The summed E-state index contributed by atoms with van der Waals surface area (Å²) in [6, 6.07) is 27.2. The minimum absolute atomic E-state index is 0.00259. The van der Waals surface area contributed by atoms with Gasteiger partial charge in [-0.15, -0.1) is 0 Å². The van der Waals surface area contributed by atoms with E-state index in [0.717, 1.165) is 52.2 Å². The van der Waals surface area contributed by atoms with Crippen LogP contribution in [0.2, 0.25) is 10.0 Å². The summed E-state index contributed by atoms with van der Waals surface area (Å²) < 4.78 is 29.5. The number of aryl methyl sites for hydroxylation is 2. The lowest BCUT2D eigenvalue weighted by atomic mass is 10.0. The van der Waals surface area contributed by atoms with Gasteiger partial charge in [-0.1, -0.05) is 108 Å². The second kappa shape index (κ2) is 15.4. The van der Waals surface area contributed by atoms with Crippen molar-refractivity contribution in [1.29, 1.82) is 0 Å². The van der Waals surface area contributed by atoms with E-state index in [1.54, 1.807) is 18.2 Å². The molecule has 246 valence electrons. The summed E-state index contributed by atoms with van der Waals surface area (Å²) in [5.74, 6) is -0.820. The first-order valence-corrected chi connectivity index (χ1v) is 18.0. The Labute approximate surface area is 287 Å². The fourth-order valence-electron chi connectivity index (χ4n) is 5.92. The van der Waals surface area contributed by atoms with Crippen LogP contribution in [-0.2, 0) is 32.6 Å². The fourth-order valence-corrected chi connectivity index (χ4v) is 7.78. The summed E-state index contributed by atoms with van der Waals surface area (Å²) in [4.78, 5) is 30.4. The third-order valence-electron chi connectivity index (χ3n) is 8.64. The Balaban J connectivity index is 1.60. The maximum absolute atomic E-state index is 14.7. The van der Waals surface area contributed by atoms with E-state index in [2.05, 4.69) is 5.32 Å². The van der Waals surface area contributed by atoms with Gasteiger partial charge in [0.05, 0.1) is 15.6 Å². The van der Waals surface area contributed by atoms with Gasteiger partial charge in [0, 0.05) is 24.0 Å². The number of hydrogen-bond acceptors (Lipinski definition) is 4. The van der Waals surface area contributed by atoms with Crippen molar-refractivity contribution in [3.63, 3.8) is 0 Å². The number of halogens is 2. The van der Waals surface area contributed by atoms with Gasteiger partial charge in [0.25, 0.3) is 10.0 Å². The van der Waals surface area contributed by atoms with Crippen molar-refractivity contribution in [3.8, 4) is 0 Å². The normalized spacial score (nSPS) is 14.0. The molecule has 4 aromatic rings. The van der Waals surface area contributed by atoms with Crippen LogP contribution in [0.15, 0.2) is 102 Å². The molecule has 0 bridgehead atoms. The quantitative estimate of drug-likeness (QED) is 0.167. The predicted octanol–water partition coefficient (Wildman–Crippen LogP) is 7.50. The maximum atomic E-state index is 14.7. The summed E-state index contributed by atoms with van der Waals surface area (Å²) in [5.41, 5.74) is 3.62. The van der Waals surface area contributed by atoms with Crippen LogP contribution < -0.4 is 9.62 Å². The molecule has 1 aliphatic rings. The molecule has 2 amide bonds. The lowest BCUT2D eigenvalue weighted by molar-refractivity contribution is -0.140. The van der Waals surface area contributed by atoms with E-state index >= 15 is 0 Å². The molecule has 1 saturated carbocycles. The molecule has 1 aliphatic carbocycles. The van der Waals surface area contributed by atoms with Crippen LogP contribution in [-0.4, -0.2) is 43.8 Å². The molecule has 7 nitrogen and oxygen atoms in total. The molecule has 4 aromatic carbocycles. The van der Waals surface area contributed by atoms with Crippen LogP contribution in [0.4, 0.5) is 5.69 Å². The molecule has 10 heteroatoms. The van der Waals surface area contributed by atoms with Crippen molar-refractivity contribution in [2.45, 2.75) is 69.5 Å². The monoisotopic (exact) mass is 691 g/mol. The molecule has 1 N–H and O–H groups in total. The number of carbonyl (C=O) groups is 2. The van der Waals surface area contributed by atoms with Gasteiger partial charge in [-0.3, -0.25) is 13.9 Å². The summed E-state index contributed by atoms with van der Waals surface area (Å²) in [6.45, 7) is 3.30. The average molecular weight is 693 g/mol. The number of anilines is 1. The van der Waals surface area contributed by atoms with Crippen LogP contribution in [0.3, 0.4) is 0 Å². The average Bonchev–Trinajstić information content (AvgIpc) is 3.57. The molecule has 0 unspecified atom stereocenters. The van der Waals surface area contributed by atoms with Gasteiger partial charge in [0.2, 0.25) is 11.8 Å². The van der Waals surface area contributed by atoms with Crippen molar-refractivity contribution in [3.05, 3.63) is 129 Å². The Kier molecular flexibility index (Phi) is 11.3. The fraction of sp³-hybridized carbons (Fsp3) is 0.297. The first-order chi connectivity index (χ1) is 22.5. The van der Waals surface area contributed by atoms with Gasteiger partial charge in [0.15, 0.2) is 0 Å². The van der Waals surface area contributed by atoms with Gasteiger partial charge < -0.3 is 10.2 Å². The number of sulfonamides is 1. The summed E-state index contributed by atoms with van der Waals surface area (Å²) in [7, 11) is -4.30. The first kappa shape index (κ1) is 34.5. The van der Waals surface area contributed by atoms with E-state index in [1.807, 2.05) is 68.4 Å². The summed E-state index contributed by atoms with van der Waals surface area (Å²) in [6.07, 6.45) is 4.08. The van der Waals surface area contributed by atoms with E-state index < -0.39 is 28.5 Å². The van der Waals surface area contributed by atoms with Crippen LogP contribution in [0.25, 0.3) is 0 Å². The highest BCUT2D eigenvalue weighted by molar-refractivity contribution is 7.92. The largest absolute Gasteiger partial charge is 0.352 e. The molecule has 47 heavy (non-hydrogen) atoms. The van der Waals surface area contributed by atoms with Gasteiger partial charge in [-0.05, 0) is 73.7 Å². The van der Waals surface area contributed by atoms with E-state index in [1.165, 1.54) is 29.2 Å². The van der Waals surface area contributed by atoms with Crippen LogP contribution >= 0.6 is 23.2 Å². The maximum Gasteiger partial charge on any atom is 0.264 e. The Morgan fingerprint density at radius 1 is 0.872 bits per heavy atom. The number of carbonyl (C=O) groups excluding carboxylic acids is 2. The molecule has 0 heterocycles. The predicted molar refractivity (Wildman–Crippen MR) is 188 cm³/mol. The molecule has 0 aromatic heterocycles. The number of benzene rings is 4. The van der Waals surface area contributed by atoms with Gasteiger partial charge in [-0.25, -0.2) is 8.42 Å². The SMILES string of the molecule is Cc1ccc(S(=O)(=O)N(CC(=O)N(Cc2ccccc2C)[C@H](Cc2ccccc2)C(=O)NC2CCCC2)c2cc(Cl)ccc2Cl)cc1. The molecule has 0 spiro atoms. The second-order valence-corrected chi connectivity index (χ2v) is 14.8. The highest BCUT2D eigenvalue weighted by Gasteiger charge is 2.36. The third-order valence-corrected chi connectivity index (χ3v) is 11.0. The van der Waals surface area contributed by atoms with Gasteiger partial charge in [-0.2, -0.15) is 0 Å². The molecule has 0 aliphatic heterocycles. The van der Waals surface area contributed by atoms with Crippen LogP contribution in [0.1, 0.15) is 47.9 Å². The zero-order chi connectivity index (χ0) is 33.6. The molecule has 1 atom stereocenters. The molecular formula is C37H39Cl2N3O4S. The molecular weight excluding hydrogens is 653 g/mol. The zero-order valence-corrected chi connectivity index (χ0v) is 28.9. The highest BCUT2D eigenvalue weighted by atomic mass is 35.5. The Hall–Kier alpha value is -3.85. The second-order valence-electron chi connectivity index (χ2n) is 12.1. The van der Waals surface area contributed by atoms with Crippen LogP contribution in [0, 0.1) is 13.8 Å². The Morgan fingerprint density at radius 3 is 2.21 bits per heavy atom. The van der Waals surface area contributed by atoms with E-state index in [-0.39, 0.29) is 45.5 Å². The van der Waals surface area contributed by atoms with Crippen molar-refractivity contribution in [2.75, 3.05) is 10.8 Å². The van der Waals surface area contributed by atoms with Crippen molar-refractivity contribution >= 4 is 50.7 Å². The molecule has 0 saturated heterocycles. The minimum Gasteiger partial charge on any atom is -0.352 e. The van der Waals surface area contributed by atoms with Crippen molar-refractivity contribution < 1.29 is 18.0 Å². The first-order valence-electron chi connectivity index (χ1n) is 15.8. The lowest BCUT2D eigenvalue weighted by Crippen LogP contribution is -2.54. The summed E-state index contributed by atoms with van der Waals surface area (Å²) >= 11 is 12.9. The number of nitrogens with one attached hydrogen (secondary N) is 1. The van der Waals surface area contributed by atoms with E-state index in [4.69, 9.17) is 23.2 Å². The number of amides is 2. The zero-order valence-electron chi connectivity index (χ0n) is 26.5. The number of nitrogens with zero attached hydrogens (tertiary/aromatic N) is 2. The Morgan fingerprint density at radius 2 is 1.53 bits per heavy atom. The lowest BCUT2D eigenvalue weighted by Gasteiger charge is -2.35. The molecule has 5 rings (SSSR count). The van der Waals surface area contributed by atoms with E-state index in [9.17, 15) is 18.0 Å². The third kappa shape index (κ3) is 8.55. The van der Waals surface area contributed by atoms with E-state index in [0.29, 0.717) is 0 Å².